The third-order valence-electron chi connectivity index (χ3n) is 5.41. The molecule has 162 valence electrons. The van der Waals surface area contributed by atoms with E-state index in [-0.39, 0.29) is 16.8 Å². The standard InChI is InChI=1S/C22H28ClN3O3S/c1-16(17-7-9-18(23)10-8-17)24-22(27)20-15-19(30(28,29)25(2)3)11-12-21(20)26-13-5-4-6-14-26/h7-12,15-16H,4-6,13-14H2,1-3H3,(H,24,27). The van der Waals surface area contributed by atoms with Crippen LogP contribution in [-0.4, -0.2) is 45.8 Å². The summed E-state index contributed by atoms with van der Waals surface area (Å²) in [6.07, 6.45) is 3.28. The molecule has 1 saturated heterocycles. The highest BCUT2D eigenvalue weighted by Crippen LogP contribution is 2.28. The van der Waals surface area contributed by atoms with Crippen LogP contribution < -0.4 is 10.2 Å². The zero-order chi connectivity index (χ0) is 21.9. The van der Waals surface area contributed by atoms with Crippen molar-refractivity contribution in [1.29, 1.82) is 0 Å². The second-order valence-corrected chi connectivity index (χ2v) is 10.3. The molecule has 1 fully saturated rings. The molecule has 1 unspecified atom stereocenters. The lowest BCUT2D eigenvalue weighted by atomic mass is 10.0. The first-order valence-corrected chi connectivity index (χ1v) is 11.9. The van der Waals surface area contributed by atoms with Gasteiger partial charge >= 0.3 is 0 Å². The van der Waals surface area contributed by atoms with E-state index in [1.807, 2.05) is 19.1 Å². The molecule has 1 aliphatic heterocycles. The minimum atomic E-state index is -3.65. The first kappa shape index (κ1) is 22.6. The van der Waals surface area contributed by atoms with Crippen LogP contribution in [0.25, 0.3) is 0 Å². The van der Waals surface area contributed by atoms with Crippen molar-refractivity contribution in [1.82, 2.24) is 9.62 Å². The van der Waals surface area contributed by atoms with Gasteiger partial charge in [-0.05, 0) is 62.1 Å². The third-order valence-corrected chi connectivity index (χ3v) is 7.47. The van der Waals surface area contributed by atoms with Crippen molar-refractivity contribution in [2.45, 2.75) is 37.1 Å². The van der Waals surface area contributed by atoms with Crippen molar-refractivity contribution in [3.8, 4) is 0 Å². The average molecular weight is 450 g/mol. The van der Waals surface area contributed by atoms with Crippen molar-refractivity contribution in [2.24, 2.45) is 0 Å². The van der Waals surface area contributed by atoms with Gasteiger partial charge in [0.15, 0.2) is 0 Å². The minimum Gasteiger partial charge on any atom is -0.371 e. The number of hydrogen-bond donors (Lipinski definition) is 1. The Balaban J connectivity index is 1.96. The van der Waals surface area contributed by atoms with Crippen molar-refractivity contribution >= 4 is 33.2 Å². The molecule has 3 rings (SSSR count). The van der Waals surface area contributed by atoms with Crippen LogP contribution in [-0.2, 0) is 10.0 Å². The normalized spacial score (nSPS) is 15.8. The van der Waals surface area contributed by atoms with Crippen LogP contribution in [0, 0.1) is 0 Å². The highest BCUT2D eigenvalue weighted by molar-refractivity contribution is 7.89. The van der Waals surface area contributed by atoms with Crippen molar-refractivity contribution in [3.63, 3.8) is 0 Å². The summed E-state index contributed by atoms with van der Waals surface area (Å²) in [4.78, 5) is 15.5. The van der Waals surface area contributed by atoms with Gasteiger partial charge in [-0.3, -0.25) is 4.79 Å². The summed E-state index contributed by atoms with van der Waals surface area (Å²) in [5.74, 6) is -0.297. The first-order chi connectivity index (χ1) is 14.2. The largest absolute Gasteiger partial charge is 0.371 e. The second-order valence-electron chi connectivity index (χ2n) is 7.76. The Kier molecular flexibility index (Phi) is 7.06. The molecule has 1 N–H and O–H groups in total. The Morgan fingerprint density at radius 1 is 1.07 bits per heavy atom. The Morgan fingerprint density at radius 3 is 2.30 bits per heavy atom. The number of carbonyl (C=O) groups is 1. The van der Waals surface area contributed by atoms with Gasteiger partial charge in [0.2, 0.25) is 10.0 Å². The van der Waals surface area contributed by atoms with Gasteiger partial charge in [0.25, 0.3) is 5.91 Å². The summed E-state index contributed by atoms with van der Waals surface area (Å²) in [6.45, 7) is 3.60. The maximum absolute atomic E-state index is 13.2. The molecule has 0 aromatic heterocycles. The van der Waals surface area contributed by atoms with Crippen LogP contribution in [0.4, 0.5) is 5.69 Å². The van der Waals surface area contributed by atoms with Gasteiger partial charge < -0.3 is 10.2 Å². The molecule has 2 aromatic carbocycles. The van der Waals surface area contributed by atoms with E-state index in [1.165, 1.54) is 26.6 Å². The second kappa shape index (κ2) is 9.37. The zero-order valence-electron chi connectivity index (χ0n) is 17.6. The van der Waals surface area contributed by atoms with Crippen LogP contribution in [0.3, 0.4) is 0 Å². The molecule has 0 aliphatic carbocycles. The quantitative estimate of drug-likeness (QED) is 0.721. The Hall–Kier alpha value is -2.09. The Morgan fingerprint density at radius 2 is 1.70 bits per heavy atom. The number of benzene rings is 2. The van der Waals surface area contributed by atoms with Gasteiger partial charge in [-0.1, -0.05) is 23.7 Å². The first-order valence-electron chi connectivity index (χ1n) is 10.1. The van der Waals surface area contributed by atoms with E-state index in [0.29, 0.717) is 10.6 Å². The Bertz CT molecular complexity index is 1000. The maximum atomic E-state index is 13.2. The molecule has 0 spiro atoms. The number of anilines is 1. The van der Waals surface area contributed by atoms with Crippen LogP contribution in [0.15, 0.2) is 47.4 Å². The summed E-state index contributed by atoms with van der Waals surface area (Å²) < 4.78 is 26.4. The molecular weight excluding hydrogens is 422 g/mol. The predicted octanol–water partition coefficient (Wildman–Crippen LogP) is 4.07. The van der Waals surface area contributed by atoms with E-state index in [1.54, 1.807) is 24.3 Å². The highest BCUT2D eigenvalue weighted by atomic mass is 35.5. The van der Waals surface area contributed by atoms with Gasteiger partial charge in [-0.25, -0.2) is 12.7 Å². The Labute approximate surface area is 183 Å². The zero-order valence-corrected chi connectivity index (χ0v) is 19.1. The molecule has 0 saturated carbocycles. The van der Waals surface area contributed by atoms with Crippen LogP contribution in [0.1, 0.15) is 48.1 Å². The predicted molar refractivity (Wildman–Crippen MR) is 121 cm³/mol. The summed E-state index contributed by atoms with van der Waals surface area (Å²) >= 11 is 5.96. The van der Waals surface area contributed by atoms with Crippen molar-refractivity contribution < 1.29 is 13.2 Å². The molecule has 1 amide bonds. The molecule has 1 heterocycles. The van der Waals surface area contributed by atoms with Gasteiger partial charge in [0.1, 0.15) is 0 Å². The van der Waals surface area contributed by atoms with E-state index in [4.69, 9.17) is 11.6 Å². The fourth-order valence-electron chi connectivity index (χ4n) is 3.59. The van der Waals surface area contributed by atoms with Gasteiger partial charge in [0, 0.05) is 37.9 Å². The van der Waals surface area contributed by atoms with E-state index in [9.17, 15) is 13.2 Å². The molecule has 1 aliphatic rings. The van der Waals surface area contributed by atoms with Gasteiger partial charge in [-0.2, -0.15) is 0 Å². The molecular formula is C22H28ClN3O3S. The maximum Gasteiger partial charge on any atom is 0.253 e. The SMILES string of the molecule is CC(NC(=O)c1cc(S(=O)(=O)N(C)C)ccc1N1CCCCC1)c1ccc(Cl)cc1. The number of amides is 1. The number of hydrogen-bond acceptors (Lipinski definition) is 4. The minimum absolute atomic E-state index is 0.109. The summed E-state index contributed by atoms with van der Waals surface area (Å²) in [6, 6.07) is 11.9. The van der Waals surface area contributed by atoms with Crippen LogP contribution in [0.2, 0.25) is 5.02 Å². The summed E-state index contributed by atoms with van der Waals surface area (Å²) in [5.41, 5.74) is 2.07. The number of halogens is 1. The molecule has 30 heavy (non-hydrogen) atoms. The van der Waals surface area contributed by atoms with E-state index >= 15 is 0 Å². The number of carbonyl (C=O) groups excluding carboxylic acids is 1. The van der Waals surface area contributed by atoms with Gasteiger partial charge in [-0.15, -0.1) is 0 Å². The van der Waals surface area contributed by atoms with Gasteiger partial charge in [0.05, 0.1) is 16.5 Å². The van der Waals surface area contributed by atoms with Crippen molar-refractivity contribution in [2.75, 3.05) is 32.1 Å². The lowest BCUT2D eigenvalue weighted by Crippen LogP contribution is -2.34. The van der Waals surface area contributed by atoms with Crippen LogP contribution >= 0.6 is 11.6 Å². The molecule has 0 bridgehead atoms. The molecule has 0 radical (unpaired) electrons. The molecule has 8 heteroatoms. The van der Waals surface area contributed by atoms with Crippen molar-refractivity contribution in [3.05, 3.63) is 58.6 Å². The third kappa shape index (κ3) is 4.96. The fraction of sp³-hybridized carbons (Fsp3) is 0.409. The monoisotopic (exact) mass is 449 g/mol. The number of nitrogens with one attached hydrogen (secondary N) is 1. The average Bonchev–Trinajstić information content (AvgIpc) is 2.74. The van der Waals surface area contributed by atoms with E-state index in [0.717, 1.165) is 41.5 Å². The smallest absolute Gasteiger partial charge is 0.253 e. The lowest BCUT2D eigenvalue weighted by Gasteiger charge is -2.31. The molecule has 6 nitrogen and oxygen atoms in total. The summed E-state index contributed by atoms with van der Waals surface area (Å²) in [7, 11) is -0.681. The number of sulfonamides is 1. The summed E-state index contributed by atoms with van der Waals surface area (Å²) in [5, 5.41) is 3.63. The number of nitrogens with zero attached hydrogens (tertiary/aromatic N) is 2. The van der Waals surface area contributed by atoms with Crippen LogP contribution in [0.5, 0.6) is 0 Å². The number of rotatable bonds is 6. The molecule has 2 aromatic rings. The number of piperidine rings is 1. The topological polar surface area (TPSA) is 69.7 Å². The van der Waals surface area contributed by atoms with E-state index < -0.39 is 10.0 Å². The highest BCUT2D eigenvalue weighted by Gasteiger charge is 2.25. The molecule has 1 atom stereocenters. The fourth-order valence-corrected chi connectivity index (χ4v) is 4.64. The van der Waals surface area contributed by atoms with E-state index in [2.05, 4.69) is 10.2 Å². The lowest BCUT2D eigenvalue weighted by molar-refractivity contribution is 0.0940.